The van der Waals surface area contributed by atoms with E-state index < -0.39 is 5.97 Å². The van der Waals surface area contributed by atoms with Gasteiger partial charge in [0.15, 0.2) is 5.58 Å². The zero-order valence-electron chi connectivity index (χ0n) is 18.2. The molecule has 0 unspecified atom stereocenters. The third kappa shape index (κ3) is 5.20. The van der Waals surface area contributed by atoms with Crippen LogP contribution in [0.2, 0.25) is 0 Å². The summed E-state index contributed by atoms with van der Waals surface area (Å²) in [4.78, 5) is 29.2. The van der Waals surface area contributed by atoms with E-state index in [2.05, 4.69) is 17.2 Å². The Balaban J connectivity index is 1.45. The molecule has 0 radical (unpaired) electrons. The van der Waals surface area contributed by atoms with E-state index in [4.69, 9.17) is 9.15 Å². The van der Waals surface area contributed by atoms with E-state index in [0.29, 0.717) is 34.7 Å². The predicted octanol–water partition coefficient (Wildman–Crippen LogP) is 5.09. The van der Waals surface area contributed by atoms with Crippen molar-refractivity contribution in [2.75, 3.05) is 6.54 Å². The smallest absolute Gasteiger partial charge is 0.338 e. The van der Waals surface area contributed by atoms with Crippen LogP contribution in [0.5, 0.6) is 5.75 Å². The molecule has 4 rings (SSSR count). The molecule has 0 saturated heterocycles. The number of nitrogens with zero attached hydrogens (tertiary/aromatic N) is 1. The first-order valence-corrected chi connectivity index (χ1v) is 10.8. The number of unbranched alkanes of at least 4 members (excludes halogenated alkanes) is 1. The van der Waals surface area contributed by atoms with Crippen molar-refractivity contribution in [3.63, 3.8) is 0 Å². The fourth-order valence-corrected chi connectivity index (χ4v) is 3.30. The van der Waals surface area contributed by atoms with Crippen molar-refractivity contribution in [1.29, 1.82) is 0 Å². The molecule has 0 bridgehead atoms. The lowest BCUT2D eigenvalue weighted by Crippen LogP contribution is -2.24. The first kappa shape index (κ1) is 22.1. The van der Waals surface area contributed by atoms with Gasteiger partial charge in [-0.25, -0.2) is 9.78 Å². The topological polar surface area (TPSA) is 102 Å². The number of oxazole rings is 1. The number of aromatic nitrogens is 1. The summed E-state index contributed by atoms with van der Waals surface area (Å²) >= 11 is 0. The first-order chi connectivity index (χ1) is 16.0. The van der Waals surface area contributed by atoms with Gasteiger partial charge in [0.1, 0.15) is 17.9 Å². The van der Waals surface area contributed by atoms with Gasteiger partial charge in [-0.15, -0.1) is 0 Å². The lowest BCUT2D eigenvalue weighted by molar-refractivity contribution is 0.0472. The number of phenols is 1. The standard InChI is InChI=1S/C26H24N2O5/c1-2-3-15-27-24(30)21-5-4-6-22-23(21)33-25(28-22)18-9-7-17(8-10-18)16-32-26(31)19-11-13-20(29)14-12-19/h4-14,29H,2-3,15-16H2,1H3,(H,27,30). The van der Waals surface area contributed by atoms with Crippen LogP contribution in [-0.4, -0.2) is 28.5 Å². The van der Waals surface area contributed by atoms with Crippen molar-refractivity contribution in [1.82, 2.24) is 10.3 Å². The highest BCUT2D eigenvalue weighted by molar-refractivity contribution is 6.04. The molecule has 33 heavy (non-hydrogen) atoms. The number of para-hydroxylation sites is 1. The SMILES string of the molecule is CCCCNC(=O)c1cccc2nc(-c3ccc(COC(=O)c4ccc(O)cc4)cc3)oc12. The molecule has 3 aromatic carbocycles. The Kier molecular flexibility index (Phi) is 6.69. The molecule has 0 spiro atoms. The van der Waals surface area contributed by atoms with Gasteiger partial charge in [0.05, 0.1) is 11.1 Å². The molecule has 0 aliphatic carbocycles. The largest absolute Gasteiger partial charge is 0.508 e. The molecule has 2 N–H and O–H groups in total. The summed E-state index contributed by atoms with van der Waals surface area (Å²) in [5, 5.41) is 12.2. The summed E-state index contributed by atoms with van der Waals surface area (Å²) in [6, 6.07) is 18.5. The van der Waals surface area contributed by atoms with Gasteiger partial charge in [0.2, 0.25) is 5.89 Å². The minimum Gasteiger partial charge on any atom is -0.508 e. The molecule has 0 atom stereocenters. The Labute approximate surface area is 191 Å². The zero-order chi connectivity index (χ0) is 23.2. The second-order valence-electron chi connectivity index (χ2n) is 7.60. The molecule has 0 aliphatic heterocycles. The van der Waals surface area contributed by atoms with E-state index in [1.807, 2.05) is 30.3 Å². The number of rotatable bonds is 8. The van der Waals surface area contributed by atoms with Crippen LogP contribution in [0.15, 0.2) is 71.1 Å². The molecular weight excluding hydrogens is 420 g/mol. The molecule has 0 aliphatic rings. The molecule has 0 fully saturated rings. The summed E-state index contributed by atoms with van der Waals surface area (Å²) in [6.45, 7) is 2.79. The second kappa shape index (κ2) is 9.99. The van der Waals surface area contributed by atoms with Gasteiger partial charge in [0.25, 0.3) is 5.91 Å². The van der Waals surface area contributed by atoms with Crippen molar-refractivity contribution in [3.05, 3.63) is 83.4 Å². The summed E-state index contributed by atoms with van der Waals surface area (Å²) in [5.74, 6) is -0.151. The highest BCUT2D eigenvalue weighted by Crippen LogP contribution is 2.27. The molecule has 1 aromatic heterocycles. The minimum atomic E-state index is -0.470. The Morgan fingerprint density at radius 2 is 1.79 bits per heavy atom. The van der Waals surface area contributed by atoms with E-state index in [-0.39, 0.29) is 18.3 Å². The molecule has 7 heteroatoms. The van der Waals surface area contributed by atoms with Gasteiger partial charge in [-0.05, 0) is 60.5 Å². The third-order valence-corrected chi connectivity index (χ3v) is 5.15. The molecule has 0 saturated carbocycles. The van der Waals surface area contributed by atoms with Crippen LogP contribution >= 0.6 is 0 Å². The number of hydrogen-bond acceptors (Lipinski definition) is 6. The summed E-state index contributed by atoms with van der Waals surface area (Å²) in [6.07, 6.45) is 1.92. The number of aromatic hydroxyl groups is 1. The Morgan fingerprint density at radius 1 is 1.03 bits per heavy atom. The number of phenolic OH excluding ortho intramolecular Hbond substituents is 1. The van der Waals surface area contributed by atoms with Crippen LogP contribution < -0.4 is 5.32 Å². The van der Waals surface area contributed by atoms with Crippen molar-refractivity contribution in [3.8, 4) is 17.2 Å². The number of carbonyl (C=O) groups is 2. The highest BCUT2D eigenvalue weighted by Gasteiger charge is 2.16. The lowest BCUT2D eigenvalue weighted by Gasteiger charge is -2.06. The van der Waals surface area contributed by atoms with Gasteiger partial charge < -0.3 is 19.6 Å². The van der Waals surface area contributed by atoms with E-state index in [9.17, 15) is 14.7 Å². The van der Waals surface area contributed by atoms with E-state index >= 15 is 0 Å². The number of carbonyl (C=O) groups excluding carboxylic acids is 2. The van der Waals surface area contributed by atoms with Crippen molar-refractivity contribution in [2.45, 2.75) is 26.4 Å². The fraction of sp³-hybridized carbons (Fsp3) is 0.192. The molecule has 1 heterocycles. The van der Waals surface area contributed by atoms with Gasteiger partial charge >= 0.3 is 5.97 Å². The molecule has 7 nitrogen and oxygen atoms in total. The molecule has 4 aromatic rings. The quantitative estimate of drug-likeness (QED) is 0.290. The van der Waals surface area contributed by atoms with Crippen LogP contribution in [0.3, 0.4) is 0 Å². The Morgan fingerprint density at radius 3 is 2.52 bits per heavy atom. The van der Waals surface area contributed by atoms with Crippen LogP contribution in [0.25, 0.3) is 22.6 Å². The highest BCUT2D eigenvalue weighted by atomic mass is 16.5. The second-order valence-corrected chi connectivity index (χ2v) is 7.60. The maximum absolute atomic E-state index is 12.5. The van der Waals surface area contributed by atoms with E-state index in [0.717, 1.165) is 24.0 Å². The molecular formula is C26H24N2O5. The Hall–Kier alpha value is -4.13. The van der Waals surface area contributed by atoms with Gasteiger partial charge in [-0.1, -0.05) is 31.5 Å². The van der Waals surface area contributed by atoms with Crippen molar-refractivity contribution >= 4 is 23.0 Å². The van der Waals surface area contributed by atoms with Gasteiger partial charge in [0, 0.05) is 12.1 Å². The van der Waals surface area contributed by atoms with Crippen LogP contribution in [0.1, 0.15) is 46.0 Å². The fourth-order valence-electron chi connectivity index (χ4n) is 3.30. The maximum atomic E-state index is 12.5. The van der Waals surface area contributed by atoms with Gasteiger partial charge in [-0.3, -0.25) is 4.79 Å². The number of fused-ring (bicyclic) bond motifs is 1. The van der Waals surface area contributed by atoms with Crippen LogP contribution in [0.4, 0.5) is 0 Å². The Bertz CT molecular complexity index is 1260. The van der Waals surface area contributed by atoms with Gasteiger partial charge in [-0.2, -0.15) is 0 Å². The number of amides is 1. The lowest BCUT2D eigenvalue weighted by atomic mass is 10.1. The first-order valence-electron chi connectivity index (χ1n) is 10.8. The number of benzene rings is 3. The minimum absolute atomic E-state index is 0.0885. The van der Waals surface area contributed by atoms with Crippen LogP contribution in [0, 0.1) is 0 Å². The number of nitrogens with one attached hydrogen (secondary N) is 1. The number of hydrogen-bond donors (Lipinski definition) is 2. The normalized spacial score (nSPS) is 10.8. The van der Waals surface area contributed by atoms with Crippen molar-refractivity contribution < 1.29 is 23.8 Å². The third-order valence-electron chi connectivity index (χ3n) is 5.15. The monoisotopic (exact) mass is 444 g/mol. The van der Waals surface area contributed by atoms with Crippen molar-refractivity contribution in [2.24, 2.45) is 0 Å². The summed E-state index contributed by atoms with van der Waals surface area (Å²) < 4.78 is 11.3. The average molecular weight is 444 g/mol. The summed E-state index contributed by atoms with van der Waals surface area (Å²) in [7, 11) is 0. The van der Waals surface area contributed by atoms with Crippen LogP contribution in [-0.2, 0) is 11.3 Å². The zero-order valence-corrected chi connectivity index (χ0v) is 18.2. The summed E-state index contributed by atoms with van der Waals surface area (Å²) in [5.41, 5.74) is 3.44. The maximum Gasteiger partial charge on any atom is 0.338 e. The van der Waals surface area contributed by atoms with E-state index in [1.54, 1.807) is 12.1 Å². The molecule has 168 valence electrons. The van der Waals surface area contributed by atoms with E-state index in [1.165, 1.54) is 24.3 Å². The molecule has 1 amide bonds. The number of esters is 1. The predicted molar refractivity (Wildman–Crippen MR) is 124 cm³/mol. The average Bonchev–Trinajstić information content (AvgIpc) is 3.28. The number of ether oxygens (including phenoxy) is 1.